The van der Waals surface area contributed by atoms with Crippen LogP contribution in [0.2, 0.25) is 0 Å². The van der Waals surface area contributed by atoms with Crippen LogP contribution in [0.1, 0.15) is 21.5 Å². The van der Waals surface area contributed by atoms with E-state index in [4.69, 9.17) is 14.2 Å². The van der Waals surface area contributed by atoms with Crippen molar-refractivity contribution in [3.63, 3.8) is 0 Å². The van der Waals surface area contributed by atoms with Crippen molar-refractivity contribution in [2.75, 3.05) is 26.6 Å². The first-order valence-corrected chi connectivity index (χ1v) is 10.1. The normalized spacial score (nSPS) is 10.5. The van der Waals surface area contributed by atoms with Gasteiger partial charge in [-0.15, -0.1) is 0 Å². The number of nitrogens with zero attached hydrogens (tertiary/aromatic N) is 1. The summed E-state index contributed by atoms with van der Waals surface area (Å²) in [7, 11) is 4.60. The second kappa shape index (κ2) is 11.3. The molecule has 0 fully saturated rings. The van der Waals surface area contributed by atoms with Crippen molar-refractivity contribution < 1.29 is 23.8 Å². The maximum Gasteiger partial charge on any atom is 0.255 e. The van der Waals surface area contributed by atoms with Crippen molar-refractivity contribution in [1.82, 2.24) is 10.3 Å². The predicted molar refractivity (Wildman–Crippen MR) is 126 cm³/mol. The number of hydrogen-bond acceptors (Lipinski definition) is 6. The lowest BCUT2D eigenvalue weighted by molar-refractivity contribution is -0.116. The van der Waals surface area contributed by atoms with Crippen LogP contribution in [-0.4, -0.2) is 38.1 Å². The molecule has 33 heavy (non-hydrogen) atoms. The highest BCUT2D eigenvalue weighted by Gasteiger charge is 2.12. The summed E-state index contributed by atoms with van der Waals surface area (Å²) < 4.78 is 15.9. The van der Waals surface area contributed by atoms with E-state index in [1.54, 1.807) is 67.0 Å². The molecule has 2 amide bonds. The lowest BCUT2D eigenvalue weighted by Gasteiger charge is -2.12. The average molecular weight is 447 g/mol. The van der Waals surface area contributed by atoms with Gasteiger partial charge in [-0.05, 0) is 53.6 Å². The highest BCUT2D eigenvalue weighted by Crippen LogP contribution is 2.38. The molecule has 2 N–H and O–H groups in total. The number of anilines is 1. The molecule has 8 nitrogen and oxygen atoms in total. The zero-order valence-electron chi connectivity index (χ0n) is 18.6. The number of aromatic nitrogens is 1. The van der Waals surface area contributed by atoms with Gasteiger partial charge >= 0.3 is 0 Å². The molecule has 0 spiro atoms. The maximum absolute atomic E-state index is 12.3. The summed E-state index contributed by atoms with van der Waals surface area (Å²) in [6.07, 6.45) is 6.30. The molecule has 1 heterocycles. The molecule has 0 saturated carbocycles. The third kappa shape index (κ3) is 6.33. The molecule has 0 bridgehead atoms. The van der Waals surface area contributed by atoms with Gasteiger partial charge in [-0.2, -0.15) is 0 Å². The fourth-order valence-corrected chi connectivity index (χ4v) is 3.03. The van der Waals surface area contributed by atoms with Crippen LogP contribution in [0.25, 0.3) is 6.08 Å². The molecule has 0 unspecified atom stereocenters. The second-order valence-corrected chi connectivity index (χ2v) is 6.90. The van der Waals surface area contributed by atoms with Crippen LogP contribution in [0, 0.1) is 0 Å². The van der Waals surface area contributed by atoms with Gasteiger partial charge in [0, 0.05) is 24.4 Å². The Labute approximate surface area is 192 Å². The van der Waals surface area contributed by atoms with Gasteiger partial charge in [-0.3, -0.25) is 14.6 Å². The third-order valence-electron chi connectivity index (χ3n) is 4.72. The molecule has 0 aliphatic carbocycles. The quantitative estimate of drug-likeness (QED) is 0.486. The van der Waals surface area contributed by atoms with Crippen LogP contribution in [-0.2, 0) is 11.3 Å². The predicted octanol–water partition coefficient (Wildman–Crippen LogP) is 3.69. The molecule has 2 aromatic carbocycles. The summed E-state index contributed by atoms with van der Waals surface area (Å²) in [6, 6.07) is 14.0. The van der Waals surface area contributed by atoms with Crippen LogP contribution in [0.5, 0.6) is 17.2 Å². The van der Waals surface area contributed by atoms with Crippen molar-refractivity contribution >= 4 is 23.6 Å². The summed E-state index contributed by atoms with van der Waals surface area (Å²) in [5.74, 6) is 1.00. The van der Waals surface area contributed by atoms with Crippen LogP contribution < -0.4 is 24.8 Å². The highest BCUT2D eigenvalue weighted by atomic mass is 16.5. The summed E-state index contributed by atoms with van der Waals surface area (Å²) >= 11 is 0. The van der Waals surface area contributed by atoms with Crippen molar-refractivity contribution in [3.05, 3.63) is 83.7 Å². The summed E-state index contributed by atoms with van der Waals surface area (Å²) in [5, 5.41) is 5.59. The highest BCUT2D eigenvalue weighted by molar-refractivity contribution is 6.04. The molecule has 170 valence electrons. The molecule has 3 aromatic rings. The third-order valence-corrected chi connectivity index (χ3v) is 4.72. The van der Waals surface area contributed by atoms with Crippen molar-refractivity contribution in [3.8, 4) is 17.2 Å². The minimum Gasteiger partial charge on any atom is -0.493 e. The first-order valence-electron chi connectivity index (χ1n) is 10.1. The number of pyridine rings is 1. The molecule has 3 rings (SSSR count). The van der Waals surface area contributed by atoms with Gasteiger partial charge in [0.2, 0.25) is 11.7 Å². The Kier molecular flexibility index (Phi) is 8.02. The van der Waals surface area contributed by atoms with Crippen molar-refractivity contribution in [2.24, 2.45) is 0 Å². The number of ether oxygens (including phenoxy) is 3. The topological polar surface area (TPSA) is 98.8 Å². The second-order valence-electron chi connectivity index (χ2n) is 6.90. The Balaban J connectivity index is 1.56. The number of amides is 2. The lowest BCUT2D eigenvalue weighted by atomic mass is 10.1. The fourth-order valence-electron chi connectivity index (χ4n) is 3.03. The molecule has 0 aliphatic rings. The van der Waals surface area contributed by atoms with Gasteiger partial charge in [0.1, 0.15) is 0 Å². The molecule has 0 radical (unpaired) electrons. The number of benzene rings is 2. The zero-order chi connectivity index (χ0) is 23.6. The Morgan fingerprint density at radius 3 is 2.24 bits per heavy atom. The van der Waals surface area contributed by atoms with E-state index in [0.717, 1.165) is 11.1 Å². The van der Waals surface area contributed by atoms with Crippen molar-refractivity contribution in [2.45, 2.75) is 6.54 Å². The van der Waals surface area contributed by atoms with Gasteiger partial charge < -0.3 is 24.8 Å². The first-order chi connectivity index (χ1) is 16.0. The van der Waals surface area contributed by atoms with Crippen LogP contribution >= 0.6 is 0 Å². The Bertz CT molecular complexity index is 1100. The Morgan fingerprint density at radius 1 is 0.970 bits per heavy atom. The van der Waals surface area contributed by atoms with Gasteiger partial charge in [0.05, 0.1) is 33.2 Å². The molecular formula is C25H25N3O5. The van der Waals surface area contributed by atoms with Gasteiger partial charge in [0.15, 0.2) is 11.5 Å². The smallest absolute Gasteiger partial charge is 0.255 e. The molecule has 8 heteroatoms. The van der Waals surface area contributed by atoms with Crippen LogP contribution in [0.3, 0.4) is 0 Å². The first kappa shape index (κ1) is 23.3. The zero-order valence-corrected chi connectivity index (χ0v) is 18.6. The van der Waals surface area contributed by atoms with E-state index in [9.17, 15) is 9.59 Å². The minimum absolute atomic E-state index is 0.230. The number of rotatable bonds is 9. The maximum atomic E-state index is 12.3. The molecule has 0 saturated heterocycles. The van der Waals surface area contributed by atoms with E-state index in [1.165, 1.54) is 27.4 Å². The summed E-state index contributed by atoms with van der Waals surface area (Å²) in [4.78, 5) is 28.5. The standard InChI is InChI=1S/C25H25N3O5/c1-31-21-13-18(14-22(32-2)24(21)33-3)8-11-23(29)27-15-17-6-9-19(10-7-17)25(30)28-20-5-4-12-26-16-20/h4-14,16H,15H2,1-3H3,(H,27,29)(H,28,30). The molecule has 0 atom stereocenters. The van der Waals surface area contributed by atoms with Crippen molar-refractivity contribution in [1.29, 1.82) is 0 Å². The van der Waals surface area contributed by atoms with Gasteiger partial charge in [0.25, 0.3) is 5.91 Å². The van der Waals surface area contributed by atoms with E-state index in [1.807, 2.05) is 0 Å². The summed E-state index contributed by atoms with van der Waals surface area (Å²) in [5.41, 5.74) is 2.72. The summed E-state index contributed by atoms with van der Waals surface area (Å²) in [6.45, 7) is 0.322. The molecule has 1 aromatic heterocycles. The molecule has 0 aliphatic heterocycles. The molecular weight excluding hydrogens is 422 g/mol. The average Bonchev–Trinajstić information content (AvgIpc) is 2.86. The monoisotopic (exact) mass is 447 g/mol. The number of carbonyl (C=O) groups excluding carboxylic acids is 2. The van der Waals surface area contributed by atoms with Gasteiger partial charge in [-0.1, -0.05) is 12.1 Å². The van der Waals surface area contributed by atoms with E-state index >= 15 is 0 Å². The minimum atomic E-state index is -0.262. The Morgan fingerprint density at radius 2 is 1.67 bits per heavy atom. The van der Waals surface area contributed by atoms with E-state index in [-0.39, 0.29) is 11.8 Å². The van der Waals surface area contributed by atoms with E-state index in [2.05, 4.69) is 15.6 Å². The number of methoxy groups -OCH3 is 3. The number of nitrogens with one attached hydrogen (secondary N) is 2. The van der Waals surface area contributed by atoms with Crippen LogP contribution in [0.15, 0.2) is 67.0 Å². The Hall–Kier alpha value is -4.33. The SMILES string of the molecule is COc1cc(C=CC(=O)NCc2ccc(C(=O)Nc3cccnc3)cc2)cc(OC)c1OC. The lowest BCUT2D eigenvalue weighted by Crippen LogP contribution is -2.20. The van der Waals surface area contributed by atoms with Gasteiger partial charge in [-0.25, -0.2) is 0 Å². The van der Waals surface area contributed by atoms with Crippen LogP contribution in [0.4, 0.5) is 5.69 Å². The van der Waals surface area contributed by atoms with E-state index in [0.29, 0.717) is 35.0 Å². The fraction of sp³-hybridized carbons (Fsp3) is 0.160. The largest absolute Gasteiger partial charge is 0.493 e. The van der Waals surface area contributed by atoms with E-state index < -0.39 is 0 Å². The number of hydrogen-bond donors (Lipinski definition) is 2. The number of carbonyl (C=O) groups is 2.